The fourth-order valence-electron chi connectivity index (χ4n) is 2.64. The Bertz CT molecular complexity index is 1160. The van der Waals surface area contributed by atoms with Gasteiger partial charge in [0.1, 0.15) is 0 Å². The van der Waals surface area contributed by atoms with Crippen molar-refractivity contribution < 1.29 is 4.92 Å². The van der Waals surface area contributed by atoms with Gasteiger partial charge >= 0.3 is 0 Å². The van der Waals surface area contributed by atoms with Gasteiger partial charge in [0.05, 0.1) is 27.0 Å². The summed E-state index contributed by atoms with van der Waals surface area (Å²) in [5.74, 6) is 0. The molecule has 4 rings (SSSR count). The lowest BCUT2D eigenvalue weighted by Crippen LogP contribution is -2.14. The van der Waals surface area contributed by atoms with Crippen LogP contribution >= 0.6 is 11.6 Å². The highest BCUT2D eigenvalue weighted by molar-refractivity contribution is 6.31. The van der Waals surface area contributed by atoms with Crippen LogP contribution in [-0.4, -0.2) is 19.7 Å². The van der Waals surface area contributed by atoms with Crippen LogP contribution in [-0.2, 0) is 0 Å². The van der Waals surface area contributed by atoms with E-state index in [4.69, 9.17) is 11.6 Å². The van der Waals surface area contributed by atoms with Crippen LogP contribution in [0.25, 0.3) is 27.5 Å². The molecule has 0 fully saturated rings. The van der Waals surface area contributed by atoms with Gasteiger partial charge in [0.25, 0.3) is 11.2 Å². The third-order valence-electron chi connectivity index (χ3n) is 3.81. The van der Waals surface area contributed by atoms with Gasteiger partial charge in [0.15, 0.2) is 0 Å². The van der Waals surface area contributed by atoms with E-state index in [1.165, 1.54) is 35.1 Å². The summed E-state index contributed by atoms with van der Waals surface area (Å²) in [7, 11) is 0. The van der Waals surface area contributed by atoms with Crippen LogP contribution in [0.1, 0.15) is 0 Å². The molecule has 4 aromatic rings. The zero-order chi connectivity index (χ0) is 16.8. The third-order valence-corrected chi connectivity index (χ3v) is 4.04. The molecule has 0 bridgehead atoms. The first-order chi connectivity index (χ1) is 11.5. The summed E-state index contributed by atoms with van der Waals surface area (Å²) >= 11 is 6.04. The standard InChI is InChI=1S/C16H9ClN4O3/c17-9-1-6-14-12(7-9)15-13(8-18-14)16(22)20(19-15)10-2-4-11(5-3-10)21(23)24/h1-8,19H. The molecule has 0 spiro atoms. The number of H-pyrrole nitrogens is 1. The van der Waals surface area contributed by atoms with Crippen LogP contribution in [0.2, 0.25) is 5.02 Å². The van der Waals surface area contributed by atoms with E-state index in [0.29, 0.717) is 27.1 Å². The number of rotatable bonds is 2. The van der Waals surface area contributed by atoms with Crippen LogP contribution in [0.3, 0.4) is 0 Å². The minimum absolute atomic E-state index is 0.0400. The zero-order valence-electron chi connectivity index (χ0n) is 12.1. The number of pyridine rings is 1. The van der Waals surface area contributed by atoms with E-state index >= 15 is 0 Å². The summed E-state index contributed by atoms with van der Waals surface area (Å²) in [4.78, 5) is 27.1. The molecule has 0 saturated carbocycles. The number of nitrogens with zero attached hydrogens (tertiary/aromatic N) is 3. The fraction of sp³-hybridized carbons (Fsp3) is 0. The molecule has 2 aromatic carbocycles. The number of aromatic nitrogens is 3. The molecule has 0 aliphatic heterocycles. The van der Waals surface area contributed by atoms with E-state index in [2.05, 4.69) is 10.1 Å². The predicted octanol–water partition coefficient (Wildman–Crippen LogP) is 3.43. The van der Waals surface area contributed by atoms with Gasteiger partial charge in [-0.25, -0.2) is 4.68 Å². The lowest BCUT2D eigenvalue weighted by atomic mass is 10.2. The molecule has 8 heteroatoms. The van der Waals surface area contributed by atoms with Crippen molar-refractivity contribution in [3.63, 3.8) is 0 Å². The van der Waals surface area contributed by atoms with Gasteiger partial charge in [-0.3, -0.25) is 25.0 Å². The number of nitro groups is 1. The van der Waals surface area contributed by atoms with Crippen molar-refractivity contribution in [3.05, 3.63) is 74.2 Å². The number of aromatic amines is 1. The number of hydrogen-bond donors (Lipinski definition) is 1. The number of nitro benzene ring substituents is 1. The monoisotopic (exact) mass is 340 g/mol. The quantitative estimate of drug-likeness (QED) is 0.447. The van der Waals surface area contributed by atoms with E-state index < -0.39 is 4.92 Å². The average Bonchev–Trinajstić information content (AvgIpc) is 2.92. The van der Waals surface area contributed by atoms with Crippen LogP contribution in [0.4, 0.5) is 5.69 Å². The molecule has 24 heavy (non-hydrogen) atoms. The molecule has 2 heterocycles. The van der Waals surface area contributed by atoms with Crippen molar-refractivity contribution in [2.45, 2.75) is 0 Å². The molecule has 2 aromatic heterocycles. The third kappa shape index (κ3) is 2.14. The smallest absolute Gasteiger partial charge is 0.280 e. The molecule has 118 valence electrons. The minimum Gasteiger partial charge on any atom is -0.290 e. The second-order valence-electron chi connectivity index (χ2n) is 5.23. The second-order valence-corrected chi connectivity index (χ2v) is 5.67. The molecule has 0 atom stereocenters. The van der Waals surface area contributed by atoms with Crippen molar-refractivity contribution in [1.82, 2.24) is 14.8 Å². The largest absolute Gasteiger partial charge is 0.290 e. The highest BCUT2D eigenvalue weighted by atomic mass is 35.5. The maximum absolute atomic E-state index is 12.6. The molecule has 0 aliphatic carbocycles. The molecule has 1 N–H and O–H groups in total. The Morgan fingerprint density at radius 1 is 1.12 bits per heavy atom. The van der Waals surface area contributed by atoms with Crippen molar-refractivity contribution >= 4 is 39.1 Å². The molecule has 7 nitrogen and oxygen atoms in total. The molecule has 0 saturated heterocycles. The first-order valence-corrected chi connectivity index (χ1v) is 7.36. The molecule has 0 radical (unpaired) electrons. The molecular formula is C16H9ClN4O3. The lowest BCUT2D eigenvalue weighted by Gasteiger charge is -2.01. The Balaban J connectivity index is 1.98. The van der Waals surface area contributed by atoms with Crippen LogP contribution in [0.15, 0.2) is 53.5 Å². The first-order valence-electron chi connectivity index (χ1n) is 6.98. The van der Waals surface area contributed by atoms with E-state index in [0.717, 1.165) is 5.39 Å². The predicted molar refractivity (Wildman–Crippen MR) is 90.9 cm³/mol. The van der Waals surface area contributed by atoms with Gasteiger partial charge in [-0.1, -0.05) is 11.6 Å². The zero-order valence-corrected chi connectivity index (χ0v) is 12.8. The normalized spacial score (nSPS) is 11.2. The minimum atomic E-state index is -0.489. The summed E-state index contributed by atoms with van der Waals surface area (Å²) in [5, 5.41) is 15.5. The number of benzene rings is 2. The highest BCUT2D eigenvalue weighted by Crippen LogP contribution is 2.24. The van der Waals surface area contributed by atoms with Gasteiger partial charge in [-0.05, 0) is 30.3 Å². The second kappa shape index (κ2) is 5.17. The molecule has 0 unspecified atom stereocenters. The number of nitrogens with one attached hydrogen (secondary N) is 1. The summed E-state index contributed by atoms with van der Waals surface area (Å²) in [5.41, 5.74) is 1.50. The maximum atomic E-state index is 12.6. The average molecular weight is 341 g/mol. The van der Waals surface area contributed by atoms with Crippen molar-refractivity contribution in [2.75, 3.05) is 0 Å². The fourth-order valence-corrected chi connectivity index (χ4v) is 2.81. The highest BCUT2D eigenvalue weighted by Gasteiger charge is 2.13. The topological polar surface area (TPSA) is 93.8 Å². The van der Waals surface area contributed by atoms with E-state index in [1.807, 2.05) is 0 Å². The maximum Gasteiger partial charge on any atom is 0.280 e. The van der Waals surface area contributed by atoms with Crippen molar-refractivity contribution in [2.24, 2.45) is 0 Å². The molecular weight excluding hydrogens is 332 g/mol. The summed E-state index contributed by atoms with van der Waals surface area (Å²) in [6.07, 6.45) is 1.51. The summed E-state index contributed by atoms with van der Waals surface area (Å²) < 4.78 is 1.33. The Morgan fingerprint density at radius 3 is 2.58 bits per heavy atom. The Kier molecular flexibility index (Phi) is 3.10. The first kappa shape index (κ1) is 14.4. The summed E-state index contributed by atoms with van der Waals surface area (Å²) in [6, 6.07) is 11.0. The molecule has 0 amide bonds. The van der Waals surface area contributed by atoms with E-state index in [-0.39, 0.29) is 11.2 Å². The van der Waals surface area contributed by atoms with Crippen LogP contribution in [0.5, 0.6) is 0 Å². The van der Waals surface area contributed by atoms with Gasteiger partial charge < -0.3 is 0 Å². The summed E-state index contributed by atoms with van der Waals surface area (Å²) in [6.45, 7) is 0. The number of halogens is 1. The Morgan fingerprint density at radius 2 is 1.88 bits per heavy atom. The van der Waals surface area contributed by atoms with E-state index in [1.54, 1.807) is 18.2 Å². The van der Waals surface area contributed by atoms with Gasteiger partial charge in [0.2, 0.25) is 0 Å². The SMILES string of the molecule is O=c1c2cnc3ccc(Cl)cc3c2[nH]n1-c1ccc([N+](=O)[O-])cc1. The number of hydrogen-bond acceptors (Lipinski definition) is 4. The van der Waals surface area contributed by atoms with E-state index in [9.17, 15) is 14.9 Å². The van der Waals surface area contributed by atoms with Gasteiger partial charge in [-0.2, -0.15) is 0 Å². The molecule has 0 aliphatic rings. The van der Waals surface area contributed by atoms with Crippen LogP contribution < -0.4 is 5.56 Å². The van der Waals surface area contributed by atoms with Crippen molar-refractivity contribution in [3.8, 4) is 5.69 Å². The Hall–Kier alpha value is -3.19. The van der Waals surface area contributed by atoms with Gasteiger partial charge in [-0.15, -0.1) is 0 Å². The van der Waals surface area contributed by atoms with Crippen molar-refractivity contribution in [1.29, 1.82) is 0 Å². The number of non-ortho nitro benzene ring substituents is 1. The number of fused-ring (bicyclic) bond motifs is 3. The Labute approximate surface area is 139 Å². The van der Waals surface area contributed by atoms with Gasteiger partial charge in [0, 0.05) is 28.7 Å². The van der Waals surface area contributed by atoms with Crippen LogP contribution in [0, 0.1) is 10.1 Å². The lowest BCUT2D eigenvalue weighted by molar-refractivity contribution is -0.384.